The first-order valence-corrected chi connectivity index (χ1v) is 15.7. The Morgan fingerprint density at radius 3 is 2.28 bits per heavy atom. The Balaban J connectivity index is 1.06. The molecule has 0 spiro atoms. The van der Waals surface area contributed by atoms with Gasteiger partial charge in [0.1, 0.15) is 35.7 Å². The number of ether oxygens (including phenoxy) is 2. The number of hydrogen-bond acceptors (Lipinski definition) is 10. The number of thiazole rings is 1. The minimum Gasteiger partial charge on any atom is -0.449 e. The van der Waals surface area contributed by atoms with Crippen molar-refractivity contribution in [2.24, 2.45) is 0 Å². The molecule has 5 rings (SSSR count). The van der Waals surface area contributed by atoms with Crippen molar-refractivity contribution in [3.8, 4) is 11.1 Å². The average molecular weight is 662 g/mol. The summed E-state index contributed by atoms with van der Waals surface area (Å²) in [5, 5.41) is 22.4. The molecule has 3 atom stereocenters. The van der Waals surface area contributed by atoms with E-state index in [2.05, 4.69) is 31.6 Å². The van der Waals surface area contributed by atoms with Crippen LogP contribution in [0.5, 0.6) is 0 Å². The molecule has 0 saturated carbocycles. The lowest BCUT2D eigenvalue weighted by atomic mass is 9.98. The zero-order valence-corrected chi connectivity index (χ0v) is 26.9. The summed E-state index contributed by atoms with van der Waals surface area (Å²) in [5.74, 6) is -1.99. The highest BCUT2D eigenvalue weighted by Crippen LogP contribution is 2.44. The summed E-state index contributed by atoms with van der Waals surface area (Å²) >= 11 is 1.00. The molecule has 15 heteroatoms. The molecule has 246 valence electrons. The molecule has 3 aromatic rings. The van der Waals surface area contributed by atoms with Crippen LogP contribution in [0.25, 0.3) is 11.1 Å². The third-order valence-electron chi connectivity index (χ3n) is 7.46. The smallest absolute Gasteiger partial charge is 0.413 e. The number of nitrogens with zero attached hydrogens (tertiary/aromatic N) is 1. The molecule has 1 aromatic heterocycles. The second-order valence-corrected chi connectivity index (χ2v) is 12.9. The van der Waals surface area contributed by atoms with Crippen molar-refractivity contribution in [3.63, 3.8) is 0 Å². The van der Waals surface area contributed by atoms with Crippen LogP contribution in [0.3, 0.4) is 0 Å². The molecule has 2 aliphatic rings. The fourth-order valence-electron chi connectivity index (χ4n) is 5.19. The lowest BCUT2D eigenvalue weighted by Gasteiger charge is -2.37. The Bertz CT molecular complexity index is 1690. The van der Waals surface area contributed by atoms with E-state index in [0.29, 0.717) is 0 Å². The monoisotopic (exact) mass is 661 g/mol. The second kappa shape index (κ2) is 13.6. The van der Waals surface area contributed by atoms with Crippen LogP contribution in [0.15, 0.2) is 53.9 Å². The van der Waals surface area contributed by atoms with Crippen LogP contribution in [-0.4, -0.2) is 77.5 Å². The molecule has 0 unspecified atom stereocenters. The number of hydrogen-bond donors (Lipinski definition) is 6. The minimum absolute atomic E-state index is 0.00345. The fourth-order valence-corrected chi connectivity index (χ4v) is 5.88. The highest BCUT2D eigenvalue weighted by Gasteiger charge is 2.41. The van der Waals surface area contributed by atoms with Gasteiger partial charge in [-0.1, -0.05) is 48.5 Å². The highest BCUT2D eigenvalue weighted by molar-refractivity contribution is 7.14. The number of β-lactam (4-membered cyclic amide) rings is 1. The number of rotatable bonds is 10. The van der Waals surface area contributed by atoms with Gasteiger partial charge in [0.05, 0.1) is 6.04 Å². The Morgan fingerprint density at radius 1 is 1.02 bits per heavy atom. The summed E-state index contributed by atoms with van der Waals surface area (Å²) in [7, 11) is 0. The molecule has 1 saturated heterocycles. The molecule has 5 amide bonds. The van der Waals surface area contributed by atoms with Gasteiger partial charge in [-0.15, -0.1) is 11.3 Å². The Morgan fingerprint density at radius 2 is 1.66 bits per heavy atom. The number of carbonyl (C=O) groups is 5. The maximum absolute atomic E-state index is 12.7. The first kappa shape index (κ1) is 33.1. The summed E-state index contributed by atoms with van der Waals surface area (Å²) in [5.41, 5.74) is 3.11. The summed E-state index contributed by atoms with van der Waals surface area (Å²) in [4.78, 5) is 66.2. The number of anilines is 1. The maximum Gasteiger partial charge on any atom is 0.413 e. The number of amides is 5. The van der Waals surface area contributed by atoms with Gasteiger partial charge in [-0.3, -0.25) is 25.1 Å². The normalized spacial score (nSPS) is 17.1. The standard InChI is InChI=1S/C32H35N7O7S/c1-16(35-30(43)45-14-21-19-11-7-5-9-17(19)18-10-6-8-12-20(18)21)26(40)34-13-22-25(28(42)36-22)38-27(41)24(33)23-15-47-29(37-23)39-31(44)46-32(2,3)4/h5-12,15-16,21-22,25,33H,13-14H2,1-4H3,(H,34,40)(H,35,43)(H,36,42)(H,38,41)(H,37,39,44)/t16-,22-,25+/m1/s1. The average Bonchev–Trinajstić information content (AvgIpc) is 3.61. The lowest BCUT2D eigenvalue weighted by molar-refractivity contribution is -0.135. The predicted octanol–water partition coefficient (Wildman–Crippen LogP) is 2.88. The molecule has 1 aliphatic heterocycles. The van der Waals surface area contributed by atoms with Crippen LogP contribution in [0.1, 0.15) is 50.4 Å². The number of nitrogens with one attached hydrogen (secondary N) is 6. The van der Waals surface area contributed by atoms with Gasteiger partial charge in [-0.2, -0.15) is 0 Å². The number of fused-ring (bicyclic) bond motifs is 3. The number of benzene rings is 2. The highest BCUT2D eigenvalue weighted by atomic mass is 32.1. The van der Waals surface area contributed by atoms with Crippen LogP contribution in [0.4, 0.5) is 14.7 Å². The van der Waals surface area contributed by atoms with Gasteiger partial charge in [0, 0.05) is 17.8 Å². The van der Waals surface area contributed by atoms with Gasteiger partial charge in [-0.25, -0.2) is 14.6 Å². The van der Waals surface area contributed by atoms with E-state index in [-0.39, 0.29) is 29.9 Å². The first-order chi connectivity index (χ1) is 22.3. The minimum atomic E-state index is -1.01. The zero-order chi connectivity index (χ0) is 33.9. The Labute approximate surface area is 274 Å². The van der Waals surface area contributed by atoms with Gasteiger partial charge >= 0.3 is 12.2 Å². The number of carbonyl (C=O) groups excluding carboxylic acids is 5. The van der Waals surface area contributed by atoms with E-state index in [1.165, 1.54) is 12.3 Å². The number of alkyl carbamates (subject to hydrolysis) is 1. The first-order valence-electron chi connectivity index (χ1n) is 14.9. The molecule has 1 fully saturated rings. The lowest BCUT2D eigenvalue weighted by Crippen LogP contribution is -2.72. The van der Waals surface area contributed by atoms with Crippen molar-refractivity contribution in [2.45, 2.75) is 57.3 Å². The third kappa shape index (κ3) is 7.74. The fraction of sp³-hybridized carbons (Fsp3) is 0.344. The van der Waals surface area contributed by atoms with Crippen molar-refractivity contribution in [3.05, 3.63) is 70.7 Å². The molecule has 14 nitrogen and oxygen atoms in total. The molecular weight excluding hydrogens is 626 g/mol. The van der Waals surface area contributed by atoms with Gasteiger partial charge in [-0.05, 0) is 49.9 Å². The predicted molar refractivity (Wildman–Crippen MR) is 173 cm³/mol. The van der Waals surface area contributed by atoms with Crippen molar-refractivity contribution in [1.29, 1.82) is 5.41 Å². The van der Waals surface area contributed by atoms with Crippen LogP contribution in [-0.2, 0) is 23.9 Å². The SMILES string of the molecule is C[C@@H](NC(=O)OCC1c2ccccc2-c2ccccc21)C(=O)NC[C@H]1NC(=O)[C@H]1NC(=O)C(=N)c1csc(NC(=O)OC(C)(C)C)n1. The molecule has 47 heavy (non-hydrogen) atoms. The van der Waals surface area contributed by atoms with Crippen molar-refractivity contribution in [1.82, 2.24) is 26.3 Å². The van der Waals surface area contributed by atoms with Crippen molar-refractivity contribution in [2.75, 3.05) is 18.5 Å². The summed E-state index contributed by atoms with van der Waals surface area (Å²) in [6, 6.07) is 13.3. The Hall–Kier alpha value is -5.31. The second-order valence-electron chi connectivity index (χ2n) is 12.0. The zero-order valence-electron chi connectivity index (χ0n) is 26.1. The van der Waals surface area contributed by atoms with Crippen molar-refractivity contribution >= 4 is 52.1 Å². The topological polar surface area (TPSA) is 201 Å². The van der Waals surface area contributed by atoms with Gasteiger partial charge in [0.2, 0.25) is 11.8 Å². The molecule has 0 bridgehead atoms. The van der Waals surface area contributed by atoms with E-state index in [4.69, 9.17) is 14.9 Å². The van der Waals surface area contributed by atoms with Gasteiger partial charge in [0.15, 0.2) is 5.13 Å². The van der Waals surface area contributed by atoms with E-state index >= 15 is 0 Å². The molecule has 6 N–H and O–H groups in total. The summed E-state index contributed by atoms with van der Waals surface area (Å²) in [6.07, 6.45) is -1.48. The van der Waals surface area contributed by atoms with Crippen LogP contribution >= 0.6 is 11.3 Å². The van der Waals surface area contributed by atoms with E-state index in [9.17, 15) is 24.0 Å². The van der Waals surface area contributed by atoms with Gasteiger partial charge < -0.3 is 30.7 Å². The van der Waals surface area contributed by atoms with Crippen LogP contribution in [0.2, 0.25) is 0 Å². The Kier molecular flexibility index (Phi) is 9.56. The van der Waals surface area contributed by atoms with Gasteiger partial charge in [0.25, 0.3) is 5.91 Å². The summed E-state index contributed by atoms with van der Waals surface area (Å²) < 4.78 is 10.7. The van der Waals surface area contributed by atoms with E-state index in [0.717, 1.165) is 33.6 Å². The van der Waals surface area contributed by atoms with Crippen molar-refractivity contribution < 1.29 is 33.4 Å². The summed E-state index contributed by atoms with van der Waals surface area (Å²) in [6.45, 7) is 6.68. The third-order valence-corrected chi connectivity index (χ3v) is 8.22. The van der Waals surface area contributed by atoms with Crippen LogP contribution in [0, 0.1) is 5.41 Å². The largest absolute Gasteiger partial charge is 0.449 e. The quantitative estimate of drug-likeness (QED) is 0.141. The van der Waals surface area contributed by atoms with Crippen LogP contribution < -0.4 is 26.6 Å². The molecular formula is C32H35N7O7S. The molecule has 1 aliphatic carbocycles. The molecule has 0 radical (unpaired) electrons. The van der Waals surface area contributed by atoms with E-state index < -0.39 is 59.3 Å². The number of aromatic nitrogens is 1. The van der Waals surface area contributed by atoms with E-state index in [1.54, 1.807) is 20.8 Å². The van der Waals surface area contributed by atoms with E-state index in [1.807, 2.05) is 48.5 Å². The molecule has 2 aromatic carbocycles. The molecule has 2 heterocycles. The maximum atomic E-state index is 12.7.